The van der Waals surface area contributed by atoms with E-state index in [0.29, 0.717) is 31.6 Å². The van der Waals surface area contributed by atoms with Crippen molar-refractivity contribution in [3.63, 3.8) is 0 Å². The first-order chi connectivity index (χ1) is 7.27. The van der Waals surface area contributed by atoms with Crippen molar-refractivity contribution in [3.8, 4) is 5.88 Å². The normalized spacial score (nSPS) is 10.1. The van der Waals surface area contributed by atoms with Gasteiger partial charge in [0.15, 0.2) is 0 Å². The minimum absolute atomic E-state index is 0.509. The van der Waals surface area contributed by atoms with Crippen molar-refractivity contribution in [3.05, 3.63) is 11.8 Å². The Bertz CT molecular complexity index is 305. The van der Waals surface area contributed by atoms with Crippen LogP contribution >= 0.6 is 0 Å². The van der Waals surface area contributed by atoms with Crippen molar-refractivity contribution in [2.24, 2.45) is 0 Å². The van der Waals surface area contributed by atoms with Crippen LogP contribution in [0.15, 0.2) is 6.20 Å². The second-order valence-corrected chi connectivity index (χ2v) is 2.98. The van der Waals surface area contributed by atoms with Crippen LogP contribution in [-0.2, 0) is 4.74 Å². The summed E-state index contributed by atoms with van der Waals surface area (Å²) in [6, 6.07) is 0. The van der Waals surface area contributed by atoms with Gasteiger partial charge in [0.05, 0.1) is 6.61 Å². The van der Waals surface area contributed by atoms with E-state index in [-0.39, 0.29) is 0 Å². The van der Waals surface area contributed by atoms with Gasteiger partial charge < -0.3 is 14.8 Å². The highest BCUT2D eigenvalue weighted by Gasteiger charge is 2.03. The minimum atomic E-state index is 0.509. The first-order valence-corrected chi connectivity index (χ1v) is 4.99. The molecule has 1 rings (SSSR count). The zero-order valence-corrected chi connectivity index (χ0v) is 9.41. The van der Waals surface area contributed by atoms with E-state index in [0.717, 1.165) is 5.56 Å². The maximum Gasteiger partial charge on any atom is 0.225 e. The zero-order valence-electron chi connectivity index (χ0n) is 9.41. The lowest BCUT2D eigenvalue weighted by Gasteiger charge is -2.08. The molecule has 5 nitrogen and oxygen atoms in total. The molecule has 1 aromatic heterocycles. The Labute approximate surface area is 89.8 Å². The van der Waals surface area contributed by atoms with Crippen LogP contribution in [0.1, 0.15) is 12.5 Å². The summed E-state index contributed by atoms with van der Waals surface area (Å²) in [5, 5.41) is 2.86. The molecule has 0 spiro atoms. The molecule has 0 saturated carbocycles. The average Bonchev–Trinajstić information content (AvgIpc) is 2.26. The van der Waals surface area contributed by atoms with Gasteiger partial charge in [-0.2, -0.15) is 4.98 Å². The van der Waals surface area contributed by atoms with E-state index in [1.54, 1.807) is 13.2 Å². The van der Waals surface area contributed by atoms with Crippen LogP contribution in [0, 0.1) is 6.92 Å². The fourth-order valence-electron chi connectivity index (χ4n) is 1.03. The lowest BCUT2D eigenvalue weighted by atomic mass is 10.4. The van der Waals surface area contributed by atoms with Crippen LogP contribution in [0.3, 0.4) is 0 Å². The van der Waals surface area contributed by atoms with Gasteiger partial charge in [0, 0.05) is 25.4 Å². The van der Waals surface area contributed by atoms with Crippen molar-refractivity contribution < 1.29 is 9.47 Å². The summed E-state index contributed by atoms with van der Waals surface area (Å²) in [5.41, 5.74) is 0.922. The molecule has 0 bridgehead atoms. The Balaban J connectivity index is 2.51. The molecule has 0 atom stereocenters. The van der Waals surface area contributed by atoms with Crippen molar-refractivity contribution in [2.45, 2.75) is 13.8 Å². The number of aryl methyl sites for hydroxylation is 1. The molecule has 0 aliphatic rings. The summed E-state index contributed by atoms with van der Waals surface area (Å²) in [6.07, 6.45) is 1.73. The van der Waals surface area contributed by atoms with Gasteiger partial charge in [-0.25, -0.2) is 4.98 Å². The highest BCUT2D eigenvalue weighted by molar-refractivity contribution is 5.31. The number of rotatable bonds is 6. The molecule has 0 amide bonds. The Morgan fingerprint density at radius 3 is 2.87 bits per heavy atom. The molecular weight excluding hydrogens is 194 g/mol. The standard InChI is InChI=1S/C10H17N3O2/c1-4-14-5-6-15-9-8(2)7-12-10(11-3)13-9/h7H,4-6H2,1-3H3,(H,11,12,13). The van der Waals surface area contributed by atoms with Crippen LogP contribution in [-0.4, -0.2) is 36.8 Å². The van der Waals surface area contributed by atoms with E-state index in [4.69, 9.17) is 9.47 Å². The molecular formula is C10H17N3O2. The molecule has 0 saturated heterocycles. The van der Waals surface area contributed by atoms with E-state index in [1.807, 2.05) is 13.8 Å². The molecule has 15 heavy (non-hydrogen) atoms. The number of anilines is 1. The topological polar surface area (TPSA) is 56.3 Å². The third kappa shape index (κ3) is 3.71. The molecule has 84 valence electrons. The minimum Gasteiger partial charge on any atom is -0.475 e. The first-order valence-electron chi connectivity index (χ1n) is 4.99. The maximum absolute atomic E-state index is 5.47. The summed E-state index contributed by atoms with van der Waals surface area (Å²) >= 11 is 0. The fraction of sp³-hybridized carbons (Fsp3) is 0.600. The zero-order chi connectivity index (χ0) is 11.1. The number of aromatic nitrogens is 2. The lowest BCUT2D eigenvalue weighted by molar-refractivity contribution is 0.108. The third-order valence-corrected chi connectivity index (χ3v) is 1.82. The van der Waals surface area contributed by atoms with Gasteiger partial charge in [-0.15, -0.1) is 0 Å². The van der Waals surface area contributed by atoms with Crippen LogP contribution in [0.4, 0.5) is 5.95 Å². The van der Waals surface area contributed by atoms with Crippen molar-refractivity contribution >= 4 is 5.95 Å². The summed E-state index contributed by atoms with van der Waals surface area (Å²) < 4.78 is 10.6. The predicted octanol–water partition coefficient (Wildman–Crippen LogP) is 1.24. The van der Waals surface area contributed by atoms with E-state index in [9.17, 15) is 0 Å². The number of nitrogens with zero attached hydrogens (tertiary/aromatic N) is 2. The Morgan fingerprint density at radius 2 is 2.20 bits per heavy atom. The van der Waals surface area contributed by atoms with Crippen LogP contribution in [0.25, 0.3) is 0 Å². The van der Waals surface area contributed by atoms with E-state index in [1.165, 1.54) is 0 Å². The summed E-state index contributed by atoms with van der Waals surface area (Å²) in [5.74, 6) is 1.17. The van der Waals surface area contributed by atoms with E-state index < -0.39 is 0 Å². The van der Waals surface area contributed by atoms with E-state index in [2.05, 4.69) is 15.3 Å². The molecule has 1 aromatic rings. The Hall–Kier alpha value is -1.36. The number of nitrogens with one attached hydrogen (secondary N) is 1. The Morgan fingerprint density at radius 1 is 1.40 bits per heavy atom. The Kier molecular flexibility index (Phi) is 4.83. The molecule has 0 radical (unpaired) electrons. The number of hydrogen-bond donors (Lipinski definition) is 1. The fourth-order valence-corrected chi connectivity index (χ4v) is 1.03. The molecule has 1 heterocycles. The molecule has 1 N–H and O–H groups in total. The highest BCUT2D eigenvalue weighted by atomic mass is 16.5. The largest absolute Gasteiger partial charge is 0.475 e. The second kappa shape index (κ2) is 6.19. The quantitative estimate of drug-likeness (QED) is 0.717. The van der Waals surface area contributed by atoms with Gasteiger partial charge in [0.1, 0.15) is 6.61 Å². The second-order valence-electron chi connectivity index (χ2n) is 2.98. The van der Waals surface area contributed by atoms with Gasteiger partial charge in [-0.05, 0) is 13.8 Å². The average molecular weight is 211 g/mol. The lowest BCUT2D eigenvalue weighted by Crippen LogP contribution is -2.09. The van der Waals surface area contributed by atoms with Gasteiger partial charge >= 0.3 is 0 Å². The molecule has 5 heteroatoms. The summed E-state index contributed by atoms with van der Waals surface area (Å²) in [6.45, 7) is 5.65. The van der Waals surface area contributed by atoms with Crippen LogP contribution in [0.5, 0.6) is 5.88 Å². The number of ether oxygens (including phenoxy) is 2. The van der Waals surface area contributed by atoms with Gasteiger partial charge in [0.2, 0.25) is 11.8 Å². The van der Waals surface area contributed by atoms with Crippen molar-refractivity contribution in [1.29, 1.82) is 0 Å². The molecule has 0 aliphatic heterocycles. The monoisotopic (exact) mass is 211 g/mol. The van der Waals surface area contributed by atoms with Gasteiger partial charge in [0.25, 0.3) is 0 Å². The van der Waals surface area contributed by atoms with Gasteiger partial charge in [-0.3, -0.25) is 0 Å². The predicted molar refractivity (Wildman–Crippen MR) is 58.3 cm³/mol. The summed E-state index contributed by atoms with van der Waals surface area (Å²) in [4.78, 5) is 8.26. The number of hydrogen-bond acceptors (Lipinski definition) is 5. The molecule has 0 aromatic carbocycles. The molecule has 0 fully saturated rings. The van der Waals surface area contributed by atoms with Crippen molar-refractivity contribution in [2.75, 3.05) is 32.2 Å². The molecule has 0 unspecified atom stereocenters. The highest BCUT2D eigenvalue weighted by Crippen LogP contribution is 2.14. The smallest absolute Gasteiger partial charge is 0.225 e. The van der Waals surface area contributed by atoms with E-state index >= 15 is 0 Å². The summed E-state index contributed by atoms with van der Waals surface area (Å²) in [7, 11) is 1.77. The third-order valence-electron chi connectivity index (χ3n) is 1.82. The molecule has 0 aliphatic carbocycles. The SMILES string of the molecule is CCOCCOc1nc(NC)ncc1C. The first kappa shape index (κ1) is 11.7. The van der Waals surface area contributed by atoms with Crippen LogP contribution < -0.4 is 10.1 Å². The van der Waals surface area contributed by atoms with Crippen molar-refractivity contribution in [1.82, 2.24) is 9.97 Å². The van der Waals surface area contributed by atoms with Crippen LogP contribution in [0.2, 0.25) is 0 Å². The van der Waals surface area contributed by atoms with Gasteiger partial charge in [-0.1, -0.05) is 0 Å². The maximum atomic E-state index is 5.47.